The van der Waals surface area contributed by atoms with Crippen LogP contribution in [0.15, 0.2) is 18.3 Å². The SMILES string of the molecule is COC(=O)[C@](c1ccc(C)cn1)(C(C#N)C#N)C1CC1. The van der Waals surface area contributed by atoms with Gasteiger partial charge in [0, 0.05) is 6.20 Å². The summed E-state index contributed by atoms with van der Waals surface area (Å²) in [5.41, 5.74) is 0.130. The van der Waals surface area contributed by atoms with Crippen LogP contribution in [-0.4, -0.2) is 18.1 Å². The number of carbonyl (C=O) groups is 1. The number of carbonyl (C=O) groups excluding carboxylic acids is 1. The van der Waals surface area contributed by atoms with E-state index in [9.17, 15) is 15.3 Å². The van der Waals surface area contributed by atoms with Crippen molar-refractivity contribution < 1.29 is 9.53 Å². The molecule has 0 unspecified atom stereocenters. The van der Waals surface area contributed by atoms with Crippen molar-refractivity contribution in [2.75, 3.05) is 7.11 Å². The molecule has 0 aliphatic heterocycles. The van der Waals surface area contributed by atoms with Gasteiger partial charge in [0.05, 0.1) is 24.9 Å². The largest absolute Gasteiger partial charge is 0.468 e. The molecule has 5 nitrogen and oxygen atoms in total. The lowest BCUT2D eigenvalue weighted by Gasteiger charge is -2.31. The molecule has 1 heterocycles. The summed E-state index contributed by atoms with van der Waals surface area (Å²) in [5.74, 6) is -1.71. The molecule has 1 fully saturated rings. The first-order chi connectivity index (χ1) is 9.60. The number of esters is 1. The first-order valence-corrected chi connectivity index (χ1v) is 6.42. The minimum atomic E-state index is -1.27. The standard InChI is InChI=1S/C15H15N3O2/c1-10-3-6-13(18-9-10)15(11-4-5-11,14(19)20-2)12(7-16)8-17/h3,6,9,11-12H,4-5H2,1-2H3/t15-/m0/s1. The monoisotopic (exact) mass is 269 g/mol. The lowest BCUT2D eigenvalue weighted by atomic mass is 9.69. The van der Waals surface area contributed by atoms with E-state index in [1.807, 2.05) is 25.1 Å². The van der Waals surface area contributed by atoms with Gasteiger partial charge >= 0.3 is 5.97 Å². The van der Waals surface area contributed by atoms with E-state index in [0.717, 1.165) is 18.4 Å². The molecule has 1 saturated carbocycles. The molecule has 0 amide bonds. The molecule has 0 N–H and O–H groups in total. The highest BCUT2D eigenvalue weighted by atomic mass is 16.5. The molecule has 1 aliphatic rings. The molecule has 1 aliphatic carbocycles. The number of aromatic nitrogens is 1. The van der Waals surface area contributed by atoms with Crippen molar-refractivity contribution in [2.24, 2.45) is 11.8 Å². The quantitative estimate of drug-likeness (QED) is 0.779. The van der Waals surface area contributed by atoms with Gasteiger partial charge in [-0.1, -0.05) is 6.07 Å². The molecule has 2 rings (SSSR count). The molecule has 1 atom stereocenters. The van der Waals surface area contributed by atoms with E-state index in [-0.39, 0.29) is 5.92 Å². The molecular formula is C15H15N3O2. The minimum Gasteiger partial charge on any atom is -0.468 e. The molecule has 0 spiro atoms. The first-order valence-electron chi connectivity index (χ1n) is 6.42. The Morgan fingerprint density at radius 3 is 2.50 bits per heavy atom. The van der Waals surface area contributed by atoms with Gasteiger partial charge in [-0.2, -0.15) is 10.5 Å². The third kappa shape index (κ3) is 2.02. The molecule has 1 aromatic heterocycles. The Kier molecular flexibility index (Phi) is 3.72. The first kappa shape index (κ1) is 14.0. The van der Waals surface area contributed by atoms with Gasteiger partial charge in [-0.15, -0.1) is 0 Å². The van der Waals surface area contributed by atoms with E-state index < -0.39 is 17.3 Å². The van der Waals surface area contributed by atoms with Crippen molar-refractivity contribution in [2.45, 2.75) is 25.2 Å². The van der Waals surface area contributed by atoms with Crippen molar-refractivity contribution in [3.63, 3.8) is 0 Å². The van der Waals surface area contributed by atoms with Gasteiger partial charge in [0.25, 0.3) is 0 Å². The molecule has 0 radical (unpaired) electrons. The smallest absolute Gasteiger partial charge is 0.320 e. The van der Waals surface area contributed by atoms with Crippen molar-refractivity contribution in [1.82, 2.24) is 4.98 Å². The Morgan fingerprint density at radius 2 is 2.10 bits per heavy atom. The van der Waals surface area contributed by atoms with Gasteiger partial charge in [0.1, 0.15) is 5.41 Å². The molecule has 5 heteroatoms. The van der Waals surface area contributed by atoms with E-state index in [0.29, 0.717) is 5.69 Å². The van der Waals surface area contributed by atoms with E-state index in [1.54, 1.807) is 12.3 Å². The third-order valence-electron chi connectivity index (χ3n) is 3.79. The second-order valence-corrected chi connectivity index (χ2v) is 5.05. The molecule has 20 heavy (non-hydrogen) atoms. The van der Waals surface area contributed by atoms with E-state index in [2.05, 4.69) is 4.98 Å². The third-order valence-corrected chi connectivity index (χ3v) is 3.79. The van der Waals surface area contributed by atoms with Crippen LogP contribution in [0.3, 0.4) is 0 Å². The summed E-state index contributed by atoms with van der Waals surface area (Å²) in [6.07, 6.45) is 3.23. The summed E-state index contributed by atoms with van der Waals surface area (Å²) in [6, 6.07) is 7.42. The normalized spacial score (nSPS) is 16.9. The van der Waals surface area contributed by atoms with Gasteiger partial charge in [-0.25, -0.2) is 0 Å². The van der Waals surface area contributed by atoms with Crippen molar-refractivity contribution in [3.05, 3.63) is 29.6 Å². The Morgan fingerprint density at radius 1 is 1.45 bits per heavy atom. The van der Waals surface area contributed by atoms with Crippen molar-refractivity contribution >= 4 is 5.97 Å². The number of aryl methyl sites for hydroxylation is 1. The number of hydrogen-bond acceptors (Lipinski definition) is 5. The van der Waals surface area contributed by atoms with Crippen molar-refractivity contribution in [3.8, 4) is 12.1 Å². The lowest BCUT2D eigenvalue weighted by molar-refractivity contribution is -0.149. The van der Waals surface area contributed by atoms with Gasteiger partial charge in [-0.3, -0.25) is 9.78 Å². The second-order valence-electron chi connectivity index (χ2n) is 5.05. The van der Waals surface area contributed by atoms with Crippen LogP contribution in [0, 0.1) is 41.4 Å². The average Bonchev–Trinajstić information content (AvgIpc) is 3.30. The fourth-order valence-electron chi connectivity index (χ4n) is 2.63. The molecule has 0 bridgehead atoms. The summed E-state index contributed by atoms with van der Waals surface area (Å²) in [4.78, 5) is 16.7. The van der Waals surface area contributed by atoms with Gasteiger partial charge in [0.15, 0.2) is 5.92 Å². The Hall–Kier alpha value is -2.40. The van der Waals surface area contributed by atoms with Crippen LogP contribution in [0.4, 0.5) is 0 Å². The number of methoxy groups -OCH3 is 1. The van der Waals surface area contributed by atoms with E-state index in [1.165, 1.54) is 7.11 Å². The maximum absolute atomic E-state index is 12.4. The average molecular weight is 269 g/mol. The predicted octanol–water partition coefficient (Wildman–Crippen LogP) is 1.87. The van der Waals surface area contributed by atoms with Crippen molar-refractivity contribution in [1.29, 1.82) is 10.5 Å². The highest BCUT2D eigenvalue weighted by molar-refractivity contribution is 5.85. The number of ether oxygens (including phenoxy) is 1. The maximum Gasteiger partial charge on any atom is 0.320 e. The van der Waals surface area contributed by atoms with Gasteiger partial charge < -0.3 is 4.74 Å². The van der Waals surface area contributed by atoms with Crippen LogP contribution in [-0.2, 0) is 14.9 Å². The van der Waals surface area contributed by atoms with Crippen LogP contribution >= 0.6 is 0 Å². The zero-order valence-electron chi connectivity index (χ0n) is 11.5. The van der Waals surface area contributed by atoms with Gasteiger partial charge in [-0.05, 0) is 37.3 Å². The molecule has 102 valence electrons. The lowest BCUT2D eigenvalue weighted by Crippen LogP contribution is -2.46. The topological polar surface area (TPSA) is 86.8 Å². The summed E-state index contributed by atoms with van der Waals surface area (Å²) >= 11 is 0. The number of rotatable bonds is 4. The summed E-state index contributed by atoms with van der Waals surface area (Å²) < 4.78 is 4.91. The molecule has 1 aromatic rings. The fraction of sp³-hybridized carbons (Fsp3) is 0.467. The summed E-state index contributed by atoms with van der Waals surface area (Å²) in [7, 11) is 1.28. The number of hydrogen-bond donors (Lipinski definition) is 0. The highest BCUT2D eigenvalue weighted by Gasteiger charge is 2.59. The predicted molar refractivity (Wildman–Crippen MR) is 70.1 cm³/mol. The summed E-state index contributed by atoms with van der Waals surface area (Å²) in [6.45, 7) is 1.89. The van der Waals surface area contributed by atoms with Crippen LogP contribution in [0.5, 0.6) is 0 Å². The highest BCUT2D eigenvalue weighted by Crippen LogP contribution is 2.51. The minimum absolute atomic E-state index is 0.0607. The van der Waals surface area contributed by atoms with Crippen LogP contribution in [0.25, 0.3) is 0 Å². The maximum atomic E-state index is 12.4. The van der Waals surface area contributed by atoms with Crippen LogP contribution in [0.1, 0.15) is 24.1 Å². The van der Waals surface area contributed by atoms with E-state index in [4.69, 9.17) is 4.74 Å². The fourth-order valence-corrected chi connectivity index (χ4v) is 2.63. The molecule has 0 aromatic carbocycles. The van der Waals surface area contributed by atoms with Crippen LogP contribution < -0.4 is 0 Å². The Labute approximate surface area is 117 Å². The summed E-state index contributed by atoms with van der Waals surface area (Å²) in [5, 5.41) is 18.6. The molecular weight excluding hydrogens is 254 g/mol. The number of nitriles is 2. The number of nitrogens with zero attached hydrogens (tertiary/aromatic N) is 3. The second kappa shape index (κ2) is 5.30. The van der Waals surface area contributed by atoms with Gasteiger partial charge in [0.2, 0.25) is 0 Å². The number of pyridine rings is 1. The van der Waals surface area contributed by atoms with E-state index >= 15 is 0 Å². The zero-order valence-corrected chi connectivity index (χ0v) is 11.5. The van der Waals surface area contributed by atoms with Crippen LogP contribution in [0.2, 0.25) is 0 Å². The Balaban J connectivity index is 2.64. The molecule has 0 saturated heterocycles. The zero-order chi connectivity index (χ0) is 14.8. The Bertz CT molecular complexity index is 579.